The van der Waals surface area contributed by atoms with Crippen LogP contribution >= 0.6 is 0 Å². The number of aromatic nitrogens is 5. The summed E-state index contributed by atoms with van der Waals surface area (Å²) in [6.07, 6.45) is 0. The van der Waals surface area contributed by atoms with Crippen LogP contribution in [-0.4, -0.2) is 24.3 Å². The predicted octanol–water partition coefficient (Wildman–Crippen LogP) is 13.0. The molecule has 0 atom stereocenters. The van der Waals surface area contributed by atoms with Gasteiger partial charge in [-0.1, -0.05) is 144 Å². The number of nitrogens with one attached hydrogen (secondary N) is 1. The van der Waals surface area contributed by atoms with Crippen molar-refractivity contribution in [3.63, 3.8) is 0 Å². The van der Waals surface area contributed by atoms with Gasteiger partial charge in [0.25, 0.3) is 0 Å². The average Bonchev–Trinajstić information content (AvgIpc) is 3.79. The van der Waals surface area contributed by atoms with E-state index < -0.39 is 5.41 Å². The Morgan fingerprint density at radius 1 is 0.481 bits per heavy atom. The number of aromatic amines is 1. The summed E-state index contributed by atoms with van der Waals surface area (Å²) in [7, 11) is 0. The Bertz CT molecular complexity index is 2690. The van der Waals surface area contributed by atoms with E-state index >= 15 is 0 Å². The molecule has 0 bridgehead atoms. The van der Waals surface area contributed by atoms with Gasteiger partial charge in [-0.2, -0.15) is 5.10 Å². The maximum absolute atomic E-state index is 5.84. The Kier molecular flexibility index (Phi) is 7.91. The number of pyridine rings is 1. The molecule has 0 amide bonds. The Morgan fingerprint density at radius 3 is 1.69 bits per heavy atom. The molecule has 0 aliphatic rings. The molecule has 0 unspecified atom stereocenters. The summed E-state index contributed by atoms with van der Waals surface area (Å²) in [4.78, 5) is 5.84. The molecule has 0 saturated heterocycles. The van der Waals surface area contributed by atoms with E-state index in [1.54, 1.807) is 0 Å². The predicted molar refractivity (Wildman–Crippen MR) is 229 cm³/mol. The van der Waals surface area contributed by atoms with Crippen LogP contribution in [0.5, 0.6) is 0 Å². The summed E-state index contributed by atoms with van der Waals surface area (Å²) in [5, 5.41) is 13.1. The Labute approximate surface area is 320 Å². The quantitative estimate of drug-likeness (QED) is 0.197. The first kappa shape index (κ1) is 35.8. The van der Waals surface area contributed by atoms with Crippen molar-refractivity contribution in [2.24, 2.45) is 10.8 Å². The zero-order chi connectivity index (χ0) is 38.6. The van der Waals surface area contributed by atoms with Gasteiger partial charge in [0.15, 0.2) is 5.82 Å². The first-order valence-electron chi connectivity index (χ1n) is 19.4. The number of rotatable bonds is 4. The van der Waals surface area contributed by atoms with Gasteiger partial charge in [0.05, 0.1) is 22.2 Å². The molecule has 54 heavy (non-hydrogen) atoms. The lowest BCUT2D eigenvalue weighted by atomic mass is 9.49. The van der Waals surface area contributed by atoms with E-state index in [-0.39, 0.29) is 21.7 Å². The summed E-state index contributed by atoms with van der Waals surface area (Å²) in [6.45, 7) is 27.8. The Hall–Kier alpha value is -5.16. The van der Waals surface area contributed by atoms with Gasteiger partial charge in [0.1, 0.15) is 5.65 Å². The third-order valence-electron chi connectivity index (χ3n) is 11.8. The number of para-hydroxylation sites is 2. The van der Waals surface area contributed by atoms with Crippen molar-refractivity contribution in [2.45, 2.75) is 99.3 Å². The second-order valence-electron chi connectivity index (χ2n) is 19.4. The van der Waals surface area contributed by atoms with Gasteiger partial charge in [-0.3, -0.25) is 14.2 Å². The number of nitrogens with zero attached hydrogens (tertiary/aromatic N) is 4. The first-order chi connectivity index (χ1) is 25.3. The van der Waals surface area contributed by atoms with Gasteiger partial charge in [0, 0.05) is 49.8 Å². The summed E-state index contributed by atoms with van der Waals surface area (Å²) >= 11 is 0. The van der Waals surface area contributed by atoms with Crippen molar-refractivity contribution in [2.75, 3.05) is 0 Å². The van der Waals surface area contributed by atoms with Gasteiger partial charge in [-0.25, -0.2) is 4.98 Å². The molecule has 0 spiro atoms. The molecule has 0 aliphatic carbocycles. The van der Waals surface area contributed by atoms with Crippen molar-refractivity contribution < 1.29 is 0 Å². The van der Waals surface area contributed by atoms with E-state index in [0.717, 1.165) is 45.0 Å². The lowest BCUT2D eigenvalue weighted by Crippen LogP contribution is -2.51. The standard InChI is InChI=1S/C49H55N5/c1-45(2,3)31-18-17-19-33(28-31)53-38-22-15-14-21-35(38)37-26-27-41(50-44(37)53)49(47(7,8)9,48(10,11)12)32-24-25-36-34-20-13-16-23-39(34)54(40(36)29-32)43-30-42(51-52-43)46(4,5)6/h13-30H,1-12H3,(H,51,52). The smallest absolute Gasteiger partial charge is 0.159 e. The summed E-state index contributed by atoms with van der Waals surface area (Å²) < 4.78 is 4.72. The van der Waals surface area contributed by atoms with Crippen molar-refractivity contribution in [3.8, 4) is 11.5 Å². The van der Waals surface area contributed by atoms with Crippen LogP contribution in [0.4, 0.5) is 0 Å². The van der Waals surface area contributed by atoms with Crippen LogP contribution in [0, 0.1) is 10.8 Å². The van der Waals surface area contributed by atoms with E-state index in [1.807, 2.05) is 0 Å². The second kappa shape index (κ2) is 11.9. The van der Waals surface area contributed by atoms with Crippen molar-refractivity contribution in [1.82, 2.24) is 24.3 Å². The van der Waals surface area contributed by atoms with Crippen molar-refractivity contribution in [3.05, 3.63) is 132 Å². The van der Waals surface area contributed by atoms with E-state index in [2.05, 4.69) is 207 Å². The summed E-state index contributed by atoms with van der Waals surface area (Å²) in [5.74, 6) is 0.905. The number of H-pyrrole nitrogens is 1. The topological polar surface area (TPSA) is 51.4 Å². The zero-order valence-corrected chi connectivity index (χ0v) is 34.2. The summed E-state index contributed by atoms with van der Waals surface area (Å²) in [6, 6.07) is 40.4. The van der Waals surface area contributed by atoms with Crippen LogP contribution in [-0.2, 0) is 16.2 Å². The number of hydrogen-bond donors (Lipinski definition) is 1. The second-order valence-corrected chi connectivity index (χ2v) is 19.4. The van der Waals surface area contributed by atoms with Gasteiger partial charge in [-0.15, -0.1) is 0 Å². The maximum Gasteiger partial charge on any atom is 0.159 e. The molecule has 5 nitrogen and oxygen atoms in total. The minimum atomic E-state index is -0.500. The summed E-state index contributed by atoms with van der Waals surface area (Å²) in [5.41, 5.74) is 9.32. The molecule has 0 fully saturated rings. The molecular weight excluding hydrogens is 659 g/mol. The molecule has 276 valence electrons. The first-order valence-corrected chi connectivity index (χ1v) is 19.4. The minimum absolute atomic E-state index is 0.0202. The SMILES string of the molecule is CC(C)(C)c1cccc(-n2c3ccccc3c3ccc(C(c4ccc5c6ccccc6n(-c6cc(C(C)(C)C)[nH]n6)c5c4)(C(C)(C)C)C(C)(C)C)nc32)c1. The Balaban J connectivity index is 1.45. The molecule has 5 heteroatoms. The number of benzene rings is 4. The molecule has 0 radical (unpaired) electrons. The third kappa shape index (κ3) is 5.33. The Morgan fingerprint density at radius 2 is 1.07 bits per heavy atom. The minimum Gasteiger partial charge on any atom is -0.294 e. The van der Waals surface area contributed by atoms with Crippen LogP contribution in [0.25, 0.3) is 55.2 Å². The van der Waals surface area contributed by atoms with Crippen LogP contribution < -0.4 is 0 Å². The molecule has 0 aliphatic heterocycles. The van der Waals surface area contributed by atoms with Crippen LogP contribution in [0.1, 0.15) is 106 Å². The lowest BCUT2D eigenvalue weighted by Gasteiger charge is -2.54. The fraction of sp³-hybridized carbons (Fsp3) is 0.347. The van der Waals surface area contributed by atoms with Crippen molar-refractivity contribution in [1.29, 1.82) is 0 Å². The molecular formula is C49H55N5. The highest BCUT2D eigenvalue weighted by Crippen LogP contribution is 2.58. The molecule has 0 saturated carbocycles. The number of fused-ring (bicyclic) bond motifs is 6. The van der Waals surface area contributed by atoms with Gasteiger partial charge in [-0.05, 0) is 69.8 Å². The number of hydrogen-bond acceptors (Lipinski definition) is 2. The fourth-order valence-electron chi connectivity index (χ4n) is 9.59. The van der Waals surface area contributed by atoms with Crippen LogP contribution in [0.2, 0.25) is 0 Å². The molecule has 8 aromatic rings. The van der Waals surface area contributed by atoms with E-state index in [0.29, 0.717) is 0 Å². The fourth-order valence-corrected chi connectivity index (χ4v) is 9.59. The van der Waals surface area contributed by atoms with Gasteiger partial charge < -0.3 is 0 Å². The molecule has 8 rings (SSSR count). The van der Waals surface area contributed by atoms with Crippen LogP contribution in [0.3, 0.4) is 0 Å². The van der Waals surface area contributed by atoms with E-state index in [1.165, 1.54) is 32.8 Å². The highest BCUT2D eigenvalue weighted by molar-refractivity contribution is 6.10. The average molecular weight is 714 g/mol. The largest absolute Gasteiger partial charge is 0.294 e. The van der Waals surface area contributed by atoms with E-state index in [4.69, 9.17) is 10.1 Å². The molecule has 4 aromatic heterocycles. The van der Waals surface area contributed by atoms with Crippen LogP contribution in [0.15, 0.2) is 109 Å². The highest BCUT2D eigenvalue weighted by atomic mass is 15.2. The third-order valence-corrected chi connectivity index (χ3v) is 11.8. The molecule has 4 heterocycles. The monoisotopic (exact) mass is 713 g/mol. The van der Waals surface area contributed by atoms with Crippen molar-refractivity contribution >= 4 is 43.7 Å². The lowest BCUT2D eigenvalue weighted by molar-refractivity contribution is 0.0869. The molecule has 4 aromatic carbocycles. The maximum atomic E-state index is 5.84. The van der Waals surface area contributed by atoms with E-state index in [9.17, 15) is 0 Å². The highest BCUT2D eigenvalue weighted by Gasteiger charge is 2.54. The zero-order valence-electron chi connectivity index (χ0n) is 34.2. The molecule has 1 N–H and O–H groups in total. The normalized spacial score (nSPS) is 13.6. The van der Waals surface area contributed by atoms with Gasteiger partial charge >= 0.3 is 0 Å². The van der Waals surface area contributed by atoms with Gasteiger partial charge in [0.2, 0.25) is 0 Å².